The Morgan fingerprint density at radius 3 is 3.00 bits per heavy atom. The molecule has 1 aromatic heterocycles. The van der Waals surface area contributed by atoms with Crippen LogP contribution >= 0.6 is 0 Å². The van der Waals surface area contributed by atoms with Crippen molar-refractivity contribution < 1.29 is 22.7 Å². The van der Waals surface area contributed by atoms with Crippen LogP contribution in [0.5, 0.6) is 0 Å². The van der Waals surface area contributed by atoms with E-state index in [0.717, 1.165) is 5.69 Å². The fourth-order valence-electron chi connectivity index (χ4n) is 3.38. The van der Waals surface area contributed by atoms with Crippen LogP contribution in [0.3, 0.4) is 0 Å². The number of sulfonamides is 1. The molecule has 2 aliphatic rings. The molecular formula is C18H23N5O5S. The summed E-state index contributed by atoms with van der Waals surface area (Å²) >= 11 is 0. The molecule has 10 nitrogen and oxygen atoms in total. The quantitative estimate of drug-likeness (QED) is 0.579. The van der Waals surface area contributed by atoms with Crippen molar-refractivity contribution in [3.8, 4) is 0 Å². The first-order valence-corrected chi connectivity index (χ1v) is 10.8. The summed E-state index contributed by atoms with van der Waals surface area (Å²) in [6, 6.07) is 6.87. The van der Waals surface area contributed by atoms with E-state index in [1.54, 1.807) is 24.3 Å². The molecule has 0 radical (unpaired) electrons. The smallest absolute Gasteiger partial charge is 0.407 e. The first-order valence-electron chi connectivity index (χ1n) is 9.34. The number of anilines is 2. The number of amides is 1. The number of aromatic amines is 1. The van der Waals surface area contributed by atoms with Crippen LogP contribution in [-0.4, -0.2) is 43.5 Å². The molecule has 2 aliphatic heterocycles. The highest BCUT2D eigenvalue weighted by atomic mass is 32.2. The van der Waals surface area contributed by atoms with Crippen LogP contribution in [-0.2, 0) is 26.0 Å². The number of nitrogens with one attached hydrogen (secondary N) is 4. The minimum atomic E-state index is -3.44. The lowest BCUT2D eigenvalue weighted by molar-refractivity contribution is 0.0682. The number of aromatic nitrogens is 2. The van der Waals surface area contributed by atoms with Crippen molar-refractivity contribution in [2.45, 2.75) is 50.0 Å². The fourth-order valence-corrected chi connectivity index (χ4v) is 4.64. The van der Waals surface area contributed by atoms with Crippen molar-refractivity contribution in [3.05, 3.63) is 35.5 Å². The van der Waals surface area contributed by atoms with E-state index in [2.05, 4.69) is 25.6 Å². The maximum absolute atomic E-state index is 12.0. The number of fused-ring (bicyclic) bond motifs is 1. The molecule has 0 saturated carbocycles. The molecule has 0 aliphatic carbocycles. The summed E-state index contributed by atoms with van der Waals surface area (Å²) in [6.07, 6.45) is -0.524. The van der Waals surface area contributed by atoms with E-state index in [1.807, 2.05) is 13.8 Å². The second-order valence-electron chi connectivity index (χ2n) is 7.32. The van der Waals surface area contributed by atoms with Gasteiger partial charge in [-0.3, -0.25) is 5.10 Å². The summed E-state index contributed by atoms with van der Waals surface area (Å²) < 4.78 is 37.6. The van der Waals surface area contributed by atoms with Crippen LogP contribution in [0.25, 0.3) is 0 Å². The number of benzene rings is 1. The number of carbonyl (C=O) groups is 1. The lowest BCUT2D eigenvalue weighted by Crippen LogP contribution is -2.33. The Labute approximate surface area is 168 Å². The van der Waals surface area contributed by atoms with Gasteiger partial charge < -0.3 is 20.1 Å². The van der Waals surface area contributed by atoms with Gasteiger partial charge in [-0.15, -0.1) is 0 Å². The second-order valence-corrected chi connectivity index (χ2v) is 9.06. The van der Waals surface area contributed by atoms with Gasteiger partial charge in [-0.2, -0.15) is 5.10 Å². The average Bonchev–Trinajstić information content (AvgIpc) is 3.35. The molecule has 1 aromatic carbocycles. The topological polar surface area (TPSA) is 134 Å². The van der Waals surface area contributed by atoms with Crippen LogP contribution in [0.15, 0.2) is 29.2 Å². The number of nitrogens with zero attached hydrogens (tertiary/aromatic N) is 1. The molecule has 1 fully saturated rings. The molecule has 11 heteroatoms. The number of hydrogen-bond donors (Lipinski definition) is 4. The minimum absolute atomic E-state index is 0.00600. The van der Waals surface area contributed by atoms with Crippen molar-refractivity contribution in [1.82, 2.24) is 20.2 Å². The summed E-state index contributed by atoms with van der Waals surface area (Å²) in [4.78, 5) is 12.0. The summed E-state index contributed by atoms with van der Waals surface area (Å²) in [5.41, 5.74) is 2.10. The van der Waals surface area contributed by atoms with Crippen molar-refractivity contribution in [2.75, 3.05) is 11.9 Å². The van der Waals surface area contributed by atoms with Gasteiger partial charge in [-0.1, -0.05) is 6.07 Å². The average molecular weight is 421 g/mol. The molecular weight excluding hydrogens is 398 g/mol. The molecule has 0 unspecified atom stereocenters. The van der Waals surface area contributed by atoms with Crippen LogP contribution in [0, 0.1) is 0 Å². The van der Waals surface area contributed by atoms with E-state index in [1.165, 1.54) is 0 Å². The first-order chi connectivity index (χ1) is 13.8. The van der Waals surface area contributed by atoms with E-state index in [0.29, 0.717) is 30.1 Å². The van der Waals surface area contributed by atoms with Gasteiger partial charge in [0.05, 0.1) is 17.2 Å². The lowest BCUT2D eigenvalue weighted by atomic mass is 10.1. The molecule has 4 rings (SSSR count). The largest absolute Gasteiger partial charge is 0.444 e. The molecule has 1 amide bonds. The molecule has 4 N–H and O–H groups in total. The van der Waals surface area contributed by atoms with Crippen molar-refractivity contribution in [3.63, 3.8) is 0 Å². The first kappa shape index (κ1) is 19.7. The summed E-state index contributed by atoms with van der Waals surface area (Å²) in [6.45, 7) is 4.28. The Morgan fingerprint density at radius 2 is 2.21 bits per heavy atom. The highest BCUT2D eigenvalue weighted by Crippen LogP contribution is 2.33. The Hall–Kier alpha value is -2.63. The minimum Gasteiger partial charge on any atom is -0.444 e. The monoisotopic (exact) mass is 421 g/mol. The summed E-state index contributed by atoms with van der Waals surface area (Å²) in [7, 11) is -3.44. The molecule has 29 heavy (non-hydrogen) atoms. The molecule has 0 spiro atoms. The van der Waals surface area contributed by atoms with E-state index in [9.17, 15) is 13.2 Å². The molecule has 0 bridgehead atoms. The number of hydrogen-bond acceptors (Lipinski definition) is 7. The Kier molecular flexibility index (Phi) is 5.19. The number of carbonyl (C=O) groups excluding carboxylic acids is 1. The van der Waals surface area contributed by atoms with Crippen LogP contribution in [0.2, 0.25) is 0 Å². The third-order valence-corrected chi connectivity index (χ3v) is 6.20. The van der Waals surface area contributed by atoms with Crippen LogP contribution in [0.4, 0.5) is 16.3 Å². The number of H-pyrrole nitrogens is 1. The Morgan fingerprint density at radius 1 is 1.38 bits per heavy atom. The van der Waals surface area contributed by atoms with Crippen LogP contribution < -0.4 is 15.4 Å². The van der Waals surface area contributed by atoms with Crippen molar-refractivity contribution in [1.29, 1.82) is 0 Å². The van der Waals surface area contributed by atoms with E-state index >= 15 is 0 Å². The third-order valence-electron chi connectivity index (χ3n) is 4.71. The van der Waals surface area contributed by atoms with Gasteiger partial charge in [-0.25, -0.2) is 17.9 Å². The molecule has 2 aromatic rings. The predicted octanol–water partition coefficient (Wildman–Crippen LogP) is 1.91. The van der Waals surface area contributed by atoms with Gasteiger partial charge in [0.25, 0.3) is 0 Å². The highest BCUT2D eigenvalue weighted by molar-refractivity contribution is 7.89. The van der Waals surface area contributed by atoms with Gasteiger partial charge in [0.2, 0.25) is 10.0 Å². The normalized spacial score (nSPS) is 22.4. The van der Waals surface area contributed by atoms with Crippen LogP contribution in [0.1, 0.15) is 37.6 Å². The molecule has 156 valence electrons. The second kappa shape index (κ2) is 7.65. The maximum Gasteiger partial charge on any atom is 0.407 e. The van der Waals surface area contributed by atoms with Gasteiger partial charge in [0.1, 0.15) is 12.2 Å². The molecule has 2 atom stereocenters. The zero-order valence-corrected chi connectivity index (χ0v) is 16.9. The van der Waals surface area contributed by atoms with E-state index in [-0.39, 0.29) is 29.7 Å². The van der Waals surface area contributed by atoms with E-state index in [4.69, 9.17) is 9.47 Å². The zero-order chi connectivity index (χ0) is 20.6. The Bertz CT molecular complexity index is 1020. The van der Waals surface area contributed by atoms with Gasteiger partial charge in [0, 0.05) is 36.3 Å². The Balaban J connectivity index is 1.40. The van der Waals surface area contributed by atoms with Crippen molar-refractivity contribution >= 4 is 27.6 Å². The SMILES string of the molecule is CC(C)NC(=O)O[C@H]1CO[C@@H](c2cc(Nc3cccc4c3CNS4(=O)=O)n[nH]2)C1. The fraction of sp³-hybridized carbons (Fsp3) is 0.444. The lowest BCUT2D eigenvalue weighted by Gasteiger charge is -2.13. The zero-order valence-electron chi connectivity index (χ0n) is 16.1. The number of ether oxygens (including phenoxy) is 2. The van der Waals surface area contributed by atoms with Gasteiger partial charge in [0.15, 0.2) is 5.82 Å². The van der Waals surface area contributed by atoms with Crippen molar-refractivity contribution in [2.24, 2.45) is 0 Å². The van der Waals surface area contributed by atoms with Gasteiger partial charge in [-0.05, 0) is 26.0 Å². The van der Waals surface area contributed by atoms with E-state index < -0.39 is 16.1 Å². The molecule has 1 saturated heterocycles. The molecule has 3 heterocycles. The standard InChI is InChI=1S/C18H23N5O5S/c1-10(2)20-18(24)28-11-6-15(27-9-11)14-7-17(23-22-14)21-13-4-3-5-16-12(13)8-19-29(16,25)26/h3-5,7,10-11,15,19H,6,8-9H2,1-2H3,(H,20,24)(H2,21,22,23)/t11-,15-/m1/s1. The third kappa shape index (κ3) is 4.21. The summed E-state index contributed by atoms with van der Waals surface area (Å²) in [5, 5.41) is 13.0. The highest BCUT2D eigenvalue weighted by Gasteiger charge is 2.31. The van der Waals surface area contributed by atoms with Gasteiger partial charge >= 0.3 is 6.09 Å². The number of rotatable bonds is 5. The summed E-state index contributed by atoms with van der Waals surface area (Å²) in [5.74, 6) is 0.545. The maximum atomic E-state index is 12.0. The predicted molar refractivity (Wildman–Crippen MR) is 104 cm³/mol. The number of alkyl carbamates (subject to hydrolysis) is 1.